The van der Waals surface area contributed by atoms with Gasteiger partial charge < -0.3 is 0 Å². The van der Waals surface area contributed by atoms with Crippen molar-refractivity contribution >= 4 is 21.8 Å². The van der Waals surface area contributed by atoms with E-state index in [-0.39, 0.29) is 0 Å². The van der Waals surface area contributed by atoms with Crippen LogP contribution in [0.1, 0.15) is 0 Å². The fourth-order valence-electron chi connectivity index (χ4n) is 5.81. The van der Waals surface area contributed by atoms with Gasteiger partial charge >= 0.3 is 0 Å². The third kappa shape index (κ3) is 4.81. The summed E-state index contributed by atoms with van der Waals surface area (Å²) in [4.78, 5) is 15.4. The zero-order chi connectivity index (χ0) is 29.3. The Morgan fingerprint density at radius 3 is 1.55 bits per heavy atom. The maximum Gasteiger partial charge on any atom is 0.160 e. The molecule has 8 aromatic rings. The normalized spacial score (nSPS) is 11.2. The van der Waals surface area contributed by atoms with Gasteiger partial charge in [-0.15, -0.1) is 0 Å². The molecule has 8 rings (SSSR count). The summed E-state index contributed by atoms with van der Waals surface area (Å²) < 4.78 is 0. The molecule has 0 N–H and O–H groups in total. The van der Waals surface area contributed by atoms with Crippen LogP contribution in [0, 0.1) is 0 Å². The molecule has 0 atom stereocenters. The van der Waals surface area contributed by atoms with E-state index in [1.807, 2.05) is 42.5 Å². The maximum atomic E-state index is 5.15. The Kier molecular flexibility index (Phi) is 6.47. The molecule has 3 nitrogen and oxygen atoms in total. The van der Waals surface area contributed by atoms with E-state index in [4.69, 9.17) is 15.0 Å². The zero-order valence-corrected chi connectivity index (χ0v) is 23.9. The van der Waals surface area contributed by atoms with E-state index < -0.39 is 0 Å². The standard InChI is InChI=1S/C41H27N3/c1-4-11-28(12-5-1)34-17-10-18-35(27-34)29-19-21-31(22-20-29)38-36-25-23-32-24-26-37(30-13-6-2-7-14-30)42-39(32)40(36)44-41(43-38)33-15-8-3-9-16-33/h1-27H. The Morgan fingerprint density at radius 1 is 0.318 bits per heavy atom. The van der Waals surface area contributed by atoms with Crippen molar-refractivity contribution < 1.29 is 0 Å². The lowest BCUT2D eigenvalue weighted by Gasteiger charge is -2.13. The van der Waals surface area contributed by atoms with Crippen molar-refractivity contribution in [3.8, 4) is 56.2 Å². The van der Waals surface area contributed by atoms with E-state index in [0.29, 0.717) is 5.82 Å². The number of hydrogen-bond acceptors (Lipinski definition) is 3. The summed E-state index contributed by atoms with van der Waals surface area (Å²) in [6.45, 7) is 0. The van der Waals surface area contributed by atoms with Gasteiger partial charge in [0, 0.05) is 27.5 Å². The molecule has 0 saturated carbocycles. The van der Waals surface area contributed by atoms with Gasteiger partial charge in [0.1, 0.15) is 5.52 Å². The van der Waals surface area contributed by atoms with Crippen LogP contribution in [0.15, 0.2) is 164 Å². The fourth-order valence-corrected chi connectivity index (χ4v) is 5.81. The summed E-state index contributed by atoms with van der Waals surface area (Å²) >= 11 is 0. The van der Waals surface area contributed by atoms with E-state index in [0.717, 1.165) is 55.4 Å². The Labute approximate surface area is 256 Å². The minimum absolute atomic E-state index is 0.687. The minimum atomic E-state index is 0.687. The van der Waals surface area contributed by atoms with Gasteiger partial charge in [0.15, 0.2) is 5.82 Å². The number of hydrogen-bond donors (Lipinski definition) is 0. The number of pyridine rings is 1. The highest BCUT2D eigenvalue weighted by atomic mass is 14.9. The highest BCUT2D eigenvalue weighted by Gasteiger charge is 2.15. The van der Waals surface area contributed by atoms with E-state index in [2.05, 4.69) is 121 Å². The van der Waals surface area contributed by atoms with Crippen molar-refractivity contribution in [1.82, 2.24) is 15.0 Å². The Morgan fingerprint density at radius 2 is 0.864 bits per heavy atom. The van der Waals surface area contributed by atoms with E-state index in [9.17, 15) is 0 Å². The van der Waals surface area contributed by atoms with Gasteiger partial charge in [0.25, 0.3) is 0 Å². The van der Waals surface area contributed by atoms with Gasteiger partial charge in [-0.05, 0) is 40.5 Å². The van der Waals surface area contributed by atoms with Gasteiger partial charge in [0.2, 0.25) is 0 Å². The largest absolute Gasteiger partial charge is 0.245 e. The summed E-state index contributed by atoms with van der Waals surface area (Å²) in [5, 5.41) is 2.03. The van der Waals surface area contributed by atoms with Gasteiger partial charge in [-0.3, -0.25) is 0 Å². The van der Waals surface area contributed by atoms with Crippen molar-refractivity contribution in [3.63, 3.8) is 0 Å². The predicted molar refractivity (Wildman–Crippen MR) is 182 cm³/mol. The van der Waals surface area contributed by atoms with Crippen molar-refractivity contribution in [2.24, 2.45) is 0 Å². The first-order chi connectivity index (χ1) is 21.8. The van der Waals surface area contributed by atoms with Crippen LogP contribution in [0.2, 0.25) is 0 Å². The molecule has 0 unspecified atom stereocenters. The van der Waals surface area contributed by atoms with Crippen LogP contribution < -0.4 is 0 Å². The van der Waals surface area contributed by atoms with Crippen LogP contribution in [-0.4, -0.2) is 15.0 Å². The molecule has 0 saturated heterocycles. The van der Waals surface area contributed by atoms with Gasteiger partial charge in [-0.1, -0.05) is 146 Å². The topological polar surface area (TPSA) is 38.7 Å². The number of nitrogens with zero attached hydrogens (tertiary/aromatic N) is 3. The third-order valence-electron chi connectivity index (χ3n) is 8.09. The Hall–Kier alpha value is -5.93. The Bertz CT molecular complexity index is 2240. The number of fused-ring (bicyclic) bond motifs is 3. The molecule has 6 aromatic carbocycles. The van der Waals surface area contributed by atoms with Crippen molar-refractivity contribution in [1.29, 1.82) is 0 Å². The summed E-state index contributed by atoms with van der Waals surface area (Å²) in [7, 11) is 0. The molecule has 0 aliphatic carbocycles. The zero-order valence-electron chi connectivity index (χ0n) is 23.9. The molecule has 2 aromatic heterocycles. The molecule has 0 radical (unpaired) electrons. The first kappa shape index (κ1) is 25.8. The van der Waals surface area contributed by atoms with E-state index in [1.165, 1.54) is 16.7 Å². The monoisotopic (exact) mass is 561 g/mol. The summed E-state index contributed by atoms with van der Waals surface area (Å²) in [6, 6.07) is 56.8. The summed E-state index contributed by atoms with van der Waals surface area (Å²) in [5.41, 5.74) is 11.4. The fraction of sp³-hybridized carbons (Fsp3) is 0. The van der Waals surface area contributed by atoms with Crippen LogP contribution in [0.25, 0.3) is 78.0 Å². The molecule has 0 spiro atoms. The van der Waals surface area contributed by atoms with Crippen molar-refractivity contribution in [3.05, 3.63) is 164 Å². The van der Waals surface area contributed by atoms with Gasteiger partial charge in [-0.25, -0.2) is 15.0 Å². The highest BCUT2D eigenvalue weighted by molar-refractivity contribution is 6.08. The summed E-state index contributed by atoms with van der Waals surface area (Å²) in [5.74, 6) is 0.687. The van der Waals surface area contributed by atoms with Gasteiger partial charge in [-0.2, -0.15) is 0 Å². The van der Waals surface area contributed by atoms with Crippen molar-refractivity contribution in [2.75, 3.05) is 0 Å². The quantitative estimate of drug-likeness (QED) is 0.196. The van der Waals surface area contributed by atoms with Crippen LogP contribution in [0.5, 0.6) is 0 Å². The van der Waals surface area contributed by atoms with Crippen LogP contribution in [-0.2, 0) is 0 Å². The van der Waals surface area contributed by atoms with E-state index >= 15 is 0 Å². The van der Waals surface area contributed by atoms with Gasteiger partial charge in [0.05, 0.1) is 16.9 Å². The molecule has 0 amide bonds. The van der Waals surface area contributed by atoms with Crippen LogP contribution >= 0.6 is 0 Å². The second kappa shape index (κ2) is 11.0. The van der Waals surface area contributed by atoms with Crippen LogP contribution in [0.3, 0.4) is 0 Å². The second-order valence-electron chi connectivity index (χ2n) is 10.9. The number of aromatic nitrogens is 3. The third-order valence-corrected chi connectivity index (χ3v) is 8.09. The minimum Gasteiger partial charge on any atom is -0.245 e. The molecular weight excluding hydrogens is 534 g/mol. The first-order valence-corrected chi connectivity index (χ1v) is 14.8. The number of rotatable bonds is 5. The molecule has 44 heavy (non-hydrogen) atoms. The lowest BCUT2D eigenvalue weighted by molar-refractivity contribution is 1.23. The molecule has 0 aliphatic heterocycles. The lowest BCUT2D eigenvalue weighted by Crippen LogP contribution is -1.97. The molecule has 0 bridgehead atoms. The second-order valence-corrected chi connectivity index (χ2v) is 10.9. The smallest absolute Gasteiger partial charge is 0.160 e. The van der Waals surface area contributed by atoms with Crippen molar-refractivity contribution in [2.45, 2.75) is 0 Å². The van der Waals surface area contributed by atoms with Crippen LogP contribution in [0.4, 0.5) is 0 Å². The molecular formula is C41H27N3. The average Bonchev–Trinajstić information content (AvgIpc) is 3.12. The average molecular weight is 562 g/mol. The number of benzene rings is 6. The lowest BCUT2D eigenvalue weighted by atomic mass is 9.97. The molecule has 2 heterocycles. The maximum absolute atomic E-state index is 5.15. The molecule has 0 aliphatic rings. The molecule has 3 heteroatoms. The highest BCUT2D eigenvalue weighted by Crippen LogP contribution is 2.35. The SMILES string of the molecule is c1ccc(-c2cccc(-c3ccc(-c4nc(-c5ccccc5)nc5c4ccc4ccc(-c6ccccc6)nc45)cc3)c2)cc1. The van der Waals surface area contributed by atoms with E-state index in [1.54, 1.807) is 0 Å². The summed E-state index contributed by atoms with van der Waals surface area (Å²) in [6.07, 6.45) is 0. The molecule has 206 valence electrons. The predicted octanol–water partition coefficient (Wildman–Crippen LogP) is 10.5. The Balaban J connectivity index is 1.28. The first-order valence-electron chi connectivity index (χ1n) is 14.8. The molecule has 0 fully saturated rings.